The number of nitrogens with zero attached hydrogens (tertiary/aromatic N) is 1. The Morgan fingerprint density at radius 1 is 1.38 bits per heavy atom. The molecule has 1 heterocycles. The van der Waals surface area contributed by atoms with Crippen molar-refractivity contribution in [1.29, 1.82) is 0 Å². The van der Waals surface area contributed by atoms with E-state index in [0.29, 0.717) is 0 Å². The molecule has 3 heteroatoms. The molecule has 0 amide bonds. The molecule has 1 aromatic rings. The lowest BCUT2D eigenvalue weighted by molar-refractivity contribution is 0.317. The molecular formula is C13H22N2O. The van der Waals surface area contributed by atoms with Crippen LogP contribution >= 0.6 is 0 Å². The second-order valence-electron chi connectivity index (χ2n) is 4.56. The van der Waals surface area contributed by atoms with Crippen molar-refractivity contribution in [2.45, 2.75) is 46.1 Å². The number of nitrogens with one attached hydrogen (secondary N) is 1. The Hall–Kier alpha value is -1.25. The van der Waals surface area contributed by atoms with Gasteiger partial charge < -0.3 is 10.1 Å². The van der Waals surface area contributed by atoms with Crippen LogP contribution in [0.2, 0.25) is 0 Å². The fourth-order valence-electron chi connectivity index (χ4n) is 1.22. The van der Waals surface area contributed by atoms with Crippen LogP contribution in [0.1, 0.15) is 40.5 Å². The van der Waals surface area contributed by atoms with Crippen molar-refractivity contribution < 1.29 is 4.74 Å². The van der Waals surface area contributed by atoms with Crippen molar-refractivity contribution in [3.63, 3.8) is 0 Å². The molecule has 0 saturated carbocycles. The highest BCUT2D eigenvalue weighted by Crippen LogP contribution is 2.25. The summed E-state index contributed by atoms with van der Waals surface area (Å²) in [4.78, 5) is 4.33. The van der Waals surface area contributed by atoms with Crippen molar-refractivity contribution in [1.82, 2.24) is 4.98 Å². The molecule has 1 N–H and O–H groups in total. The Balaban J connectivity index is 2.78. The molecule has 16 heavy (non-hydrogen) atoms. The summed E-state index contributed by atoms with van der Waals surface area (Å²) in [5.74, 6) is 1.67. The molecule has 0 unspecified atom stereocenters. The van der Waals surface area contributed by atoms with Gasteiger partial charge in [-0.2, -0.15) is 0 Å². The highest BCUT2D eigenvalue weighted by molar-refractivity contribution is 5.51. The maximum atomic E-state index is 5.65. The Morgan fingerprint density at radius 2 is 2.12 bits per heavy atom. The molecule has 0 saturated heterocycles. The molecule has 0 atom stereocenters. The fourth-order valence-corrected chi connectivity index (χ4v) is 1.22. The van der Waals surface area contributed by atoms with Gasteiger partial charge in [0.1, 0.15) is 0 Å². The summed E-state index contributed by atoms with van der Waals surface area (Å²) >= 11 is 0. The minimum Gasteiger partial charge on any atom is -0.490 e. The third kappa shape index (κ3) is 3.72. The predicted octanol–water partition coefficient (Wildman–Crippen LogP) is 3.47. The zero-order chi connectivity index (χ0) is 12.0. The third-order valence-corrected chi connectivity index (χ3v) is 2.57. The van der Waals surface area contributed by atoms with Gasteiger partial charge in [0, 0.05) is 11.7 Å². The summed E-state index contributed by atoms with van der Waals surface area (Å²) in [5.41, 5.74) is 0.0404. The van der Waals surface area contributed by atoms with E-state index in [9.17, 15) is 0 Å². The van der Waals surface area contributed by atoms with Gasteiger partial charge in [0.05, 0.1) is 6.61 Å². The lowest BCUT2D eigenvalue weighted by Crippen LogP contribution is -2.30. The van der Waals surface area contributed by atoms with Gasteiger partial charge in [-0.3, -0.25) is 0 Å². The van der Waals surface area contributed by atoms with Crippen molar-refractivity contribution in [2.75, 3.05) is 11.9 Å². The highest BCUT2D eigenvalue weighted by atomic mass is 16.5. The largest absolute Gasteiger partial charge is 0.490 e. The first-order valence-corrected chi connectivity index (χ1v) is 5.95. The Labute approximate surface area is 98.2 Å². The lowest BCUT2D eigenvalue weighted by Gasteiger charge is -2.26. The fraction of sp³-hybridized carbons (Fsp3) is 0.615. The molecule has 0 aliphatic carbocycles. The Bertz CT molecular complexity index is 323. The molecule has 0 aliphatic heterocycles. The standard InChI is InChI=1S/C13H22N2O/c1-5-10-16-11-8-7-9-14-12(11)15-13(3,4)6-2/h7-9H,5-6,10H2,1-4H3,(H,14,15). The van der Waals surface area contributed by atoms with E-state index in [2.05, 4.69) is 38.0 Å². The van der Waals surface area contributed by atoms with E-state index in [1.165, 1.54) is 0 Å². The van der Waals surface area contributed by atoms with E-state index >= 15 is 0 Å². The molecule has 3 nitrogen and oxygen atoms in total. The molecule has 0 aromatic carbocycles. The van der Waals surface area contributed by atoms with Crippen molar-refractivity contribution in [3.05, 3.63) is 18.3 Å². The third-order valence-electron chi connectivity index (χ3n) is 2.57. The van der Waals surface area contributed by atoms with Gasteiger partial charge in [-0.25, -0.2) is 4.98 Å². The minimum absolute atomic E-state index is 0.0404. The molecule has 0 spiro atoms. The quantitative estimate of drug-likeness (QED) is 0.800. The van der Waals surface area contributed by atoms with Gasteiger partial charge in [0.15, 0.2) is 11.6 Å². The molecule has 0 aliphatic rings. The summed E-state index contributed by atoms with van der Waals surface area (Å²) in [6, 6.07) is 3.85. The van der Waals surface area contributed by atoms with E-state index < -0.39 is 0 Å². The van der Waals surface area contributed by atoms with Gasteiger partial charge in [0.2, 0.25) is 0 Å². The van der Waals surface area contributed by atoms with Gasteiger partial charge >= 0.3 is 0 Å². The number of hydrogen-bond donors (Lipinski definition) is 1. The number of aromatic nitrogens is 1. The lowest BCUT2D eigenvalue weighted by atomic mass is 10.0. The van der Waals surface area contributed by atoms with E-state index in [1.807, 2.05) is 12.1 Å². The predicted molar refractivity (Wildman–Crippen MR) is 68.0 cm³/mol. The van der Waals surface area contributed by atoms with Gasteiger partial charge in [0.25, 0.3) is 0 Å². The normalized spacial score (nSPS) is 11.2. The van der Waals surface area contributed by atoms with Crippen LogP contribution in [-0.2, 0) is 0 Å². The molecule has 1 rings (SSSR count). The molecule has 1 aromatic heterocycles. The monoisotopic (exact) mass is 222 g/mol. The summed E-state index contributed by atoms with van der Waals surface area (Å²) in [6.45, 7) is 9.30. The van der Waals surface area contributed by atoms with Gasteiger partial charge in [-0.1, -0.05) is 13.8 Å². The Morgan fingerprint density at radius 3 is 2.75 bits per heavy atom. The zero-order valence-corrected chi connectivity index (χ0v) is 10.7. The van der Waals surface area contributed by atoms with Crippen LogP contribution in [0.25, 0.3) is 0 Å². The van der Waals surface area contributed by atoms with E-state index in [0.717, 1.165) is 31.0 Å². The van der Waals surface area contributed by atoms with Crippen LogP contribution < -0.4 is 10.1 Å². The van der Waals surface area contributed by atoms with Crippen LogP contribution in [0.3, 0.4) is 0 Å². The van der Waals surface area contributed by atoms with Crippen LogP contribution in [0.5, 0.6) is 5.75 Å². The van der Waals surface area contributed by atoms with Crippen molar-refractivity contribution in [3.8, 4) is 5.75 Å². The first kappa shape index (κ1) is 12.8. The second-order valence-corrected chi connectivity index (χ2v) is 4.56. The number of pyridine rings is 1. The first-order valence-electron chi connectivity index (χ1n) is 5.95. The van der Waals surface area contributed by atoms with E-state index in [1.54, 1.807) is 6.20 Å². The second kappa shape index (κ2) is 5.73. The summed E-state index contributed by atoms with van der Waals surface area (Å²) < 4.78 is 5.65. The number of anilines is 1. The minimum atomic E-state index is 0.0404. The molecule has 0 fully saturated rings. The van der Waals surface area contributed by atoms with Crippen LogP contribution in [-0.4, -0.2) is 17.1 Å². The van der Waals surface area contributed by atoms with Crippen LogP contribution in [0, 0.1) is 0 Å². The summed E-state index contributed by atoms with van der Waals surface area (Å²) in [5, 5.41) is 3.41. The molecule has 0 radical (unpaired) electrons. The maximum absolute atomic E-state index is 5.65. The SMILES string of the molecule is CCCOc1cccnc1NC(C)(C)CC. The number of ether oxygens (including phenoxy) is 1. The summed E-state index contributed by atoms with van der Waals surface area (Å²) in [7, 11) is 0. The van der Waals surface area contributed by atoms with Gasteiger partial charge in [-0.15, -0.1) is 0 Å². The van der Waals surface area contributed by atoms with Crippen LogP contribution in [0.4, 0.5) is 5.82 Å². The molecular weight excluding hydrogens is 200 g/mol. The number of hydrogen-bond acceptors (Lipinski definition) is 3. The van der Waals surface area contributed by atoms with E-state index in [4.69, 9.17) is 4.74 Å². The number of rotatable bonds is 6. The van der Waals surface area contributed by atoms with Crippen molar-refractivity contribution >= 4 is 5.82 Å². The smallest absolute Gasteiger partial charge is 0.169 e. The zero-order valence-electron chi connectivity index (χ0n) is 10.7. The van der Waals surface area contributed by atoms with E-state index in [-0.39, 0.29) is 5.54 Å². The average Bonchev–Trinajstić information content (AvgIpc) is 2.27. The molecule has 0 bridgehead atoms. The maximum Gasteiger partial charge on any atom is 0.169 e. The van der Waals surface area contributed by atoms with Crippen LogP contribution in [0.15, 0.2) is 18.3 Å². The van der Waals surface area contributed by atoms with Crippen molar-refractivity contribution in [2.24, 2.45) is 0 Å². The summed E-state index contributed by atoms with van der Waals surface area (Å²) in [6.07, 6.45) is 3.83. The average molecular weight is 222 g/mol. The first-order chi connectivity index (χ1) is 7.59. The Kier molecular flexibility index (Phi) is 4.59. The highest BCUT2D eigenvalue weighted by Gasteiger charge is 2.17. The molecule has 90 valence electrons. The van der Waals surface area contributed by atoms with Gasteiger partial charge in [-0.05, 0) is 38.8 Å². The topological polar surface area (TPSA) is 34.1 Å².